The molecule has 0 spiro atoms. The fourth-order valence-corrected chi connectivity index (χ4v) is 2.86. The average molecular weight is 303 g/mol. The predicted molar refractivity (Wildman–Crippen MR) is 80.7 cm³/mol. The second-order valence-electron chi connectivity index (χ2n) is 5.75. The monoisotopic (exact) mass is 303 g/mol. The molecule has 1 aromatic heterocycles. The van der Waals surface area contributed by atoms with Gasteiger partial charge in [0, 0.05) is 26.2 Å². The summed E-state index contributed by atoms with van der Waals surface area (Å²) in [6.45, 7) is 2.80. The molecule has 0 saturated carbocycles. The number of ether oxygens (including phenoxy) is 1. The van der Waals surface area contributed by atoms with Gasteiger partial charge in [0.15, 0.2) is 0 Å². The number of hydrogen-bond donors (Lipinski definition) is 1. The van der Waals surface area contributed by atoms with Gasteiger partial charge in [-0.1, -0.05) is 6.07 Å². The second-order valence-corrected chi connectivity index (χ2v) is 5.75. The second kappa shape index (κ2) is 6.87. The molecule has 22 heavy (non-hydrogen) atoms. The largest absolute Gasteiger partial charge is 0.376 e. The molecule has 0 radical (unpaired) electrons. The maximum atomic E-state index is 12.3. The van der Waals surface area contributed by atoms with Crippen LogP contribution < -0.4 is 5.32 Å². The number of aromatic nitrogens is 1. The smallest absolute Gasteiger partial charge is 0.272 e. The van der Waals surface area contributed by atoms with Crippen LogP contribution in [-0.2, 0) is 4.74 Å². The molecule has 0 bridgehead atoms. The van der Waals surface area contributed by atoms with Crippen LogP contribution in [0.1, 0.15) is 46.7 Å². The normalized spacial score (nSPS) is 21.1. The van der Waals surface area contributed by atoms with Gasteiger partial charge in [0.05, 0.1) is 6.10 Å². The van der Waals surface area contributed by atoms with Crippen molar-refractivity contribution < 1.29 is 14.3 Å². The van der Waals surface area contributed by atoms with Crippen LogP contribution >= 0.6 is 0 Å². The Morgan fingerprint density at radius 3 is 2.73 bits per heavy atom. The minimum atomic E-state index is -0.258. The zero-order valence-corrected chi connectivity index (χ0v) is 12.6. The van der Waals surface area contributed by atoms with Crippen molar-refractivity contribution in [1.82, 2.24) is 15.2 Å². The Morgan fingerprint density at radius 1 is 1.23 bits per heavy atom. The fraction of sp³-hybridized carbons (Fsp3) is 0.562. The molecular formula is C16H21N3O3. The summed E-state index contributed by atoms with van der Waals surface area (Å²) in [5, 5.41) is 2.83. The van der Waals surface area contributed by atoms with Crippen molar-refractivity contribution in [3.8, 4) is 0 Å². The Morgan fingerprint density at radius 2 is 2.00 bits per heavy atom. The third-order valence-electron chi connectivity index (χ3n) is 4.11. The van der Waals surface area contributed by atoms with Gasteiger partial charge in [-0.05, 0) is 37.8 Å². The number of pyridine rings is 1. The standard InChI is InChI=1S/C16H21N3O3/c20-15(17-11-12-5-4-10-22-12)13-6-3-7-14(18-13)16(21)19-8-1-2-9-19/h3,6-7,12H,1-2,4-5,8-11H2,(H,17,20). The Kier molecular flexibility index (Phi) is 4.68. The van der Waals surface area contributed by atoms with Crippen LogP contribution in [0.4, 0.5) is 0 Å². The zero-order chi connectivity index (χ0) is 15.4. The Labute approximate surface area is 129 Å². The van der Waals surface area contributed by atoms with Crippen molar-refractivity contribution >= 4 is 11.8 Å². The molecule has 1 N–H and O–H groups in total. The van der Waals surface area contributed by atoms with Crippen molar-refractivity contribution in [2.45, 2.75) is 31.8 Å². The SMILES string of the molecule is O=C(NCC1CCCO1)c1cccc(C(=O)N2CCCC2)n1. The van der Waals surface area contributed by atoms with E-state index in [1.165, 1.54) is 0 Å². The quantitative estimate of drug-likeness (QED) is 0.908. The maximum Gasteiger partial charge on any atom is 0.272 e. The van der Waals surface area contributed by atoms with Gasteiger partial charge in [-0.15, -0.1) is 0 Å². The first kappa shape index (κ1) is 15.0. The number of hydrogen-bond acceptors (Lipinski definition) is 4. The topological polar surface area (TPSA) is 71.5 Å². The third-order valence-corrected chi connectivity index (χ3v) is 4.11. The highest BCUT2D eigenvalue weighted by molar-refractivity contribution is 5.96. The lowest BCUT2D eigenvalue weighted by molar-refractivity contribution is 0.0786. The molecule has 1 unspecified atom stereocenters. The highest BCUT2D eigenvalue weighted by atomic mass is 16.5. The minimum Gasteiger partial charge on any atom is -0.376 e. The summed E-state index contributed by atoms with van der Waals surface area (Å²) < 4.78 is 5.47. The molecule has 2 aliphatic rings. The predicted octanol–water partition coefficient (Wildman–Crippen LogP) is 1.23. The van der Waals surface area contributed by atoms with Gasteiger partial charge in [0.25, 0.3) is 11.8 Å². The van der Waals surface area contributed by atoms with Crippen molar-refractivity contribution in [1.29, 1.82) is 0 Å². The van der Waals surface area contributed by atoms with Gasteiger partial charge < -0.3 is 15.0 Å². The van der Waals surface area contributed by atoms with Crippen LogP contribution in [0, 0.1) is 0 Å². The molecule has 2 amide bonds. The summed E-state index contributed by atoms with van der Waals surface area (Å²) in [6.07, 6.45) is 4.18. The molecule has 118 valence electrons. The summed E-state index contributed by atoms with van der Waals surface area (Å²) in [5.41, 5.74) is 0.620. The number of likely N-dealkylation sites (tertiary alicyclic amines) is 1. The highest BCUT2D eigenvalue weighted by Gasteiger charge is 2.22. The van der Waals surface area contributed by atoms with Crippen LogP contribution in [0.5, 0.6) is 0 Å². The maximum absolute atomic E-state index is 12.3. The van der Waals surface area contributed by atoms with Gasteiger partial charge in [0.2, 0.25) is 0 Å². The van der Waals surface area contributed by atoms with Gasteiger partial charge in [-0.25, -0.2) is 4.98 Å². The molecule has 2 saturated heterocycles. The van der Waals surface area contributed by atoms with Gasteiger partial charge in [-0.3, -0.25) is 9.59 Å². The van der Waals surface area contributed by atoms with E-state index in [2.05, 4.69) is 10.3 Å². The Bertz CT molecular complexity index is 549. The lowest BCUT2D eigenvalue weighted by atomic mass is 10.2. The summed E-state index contributed by atoms with van der Waals surface area (Å²) >= 11 is 0. The molecule has 1 aromatic rings. The molecule has 6 nitrogen and oxygen atoms in total. The van der Waals surface area contributed by atoms with E-state index in [-0.39, 0.29) is 23.6 Å². The average Bonchev–Trinajstić information content (AvgIpc) is 3.25. The number of carbonyl (C=O) groups excluding carboxylic acids is 2. The summed E-state index contributed by atoms with van der Waals surface area (Å²) in [5.74, 6) is -0.349. The summed E-state index contributed by atoms with van der Waals surface area (Å²) in [4.78, 5) is 30.5. The summed E-state index contributed by atoms with van der Waals surface area (Å²) in [7, 11) is 0. The molecule has 0 aliphatic carbocycles. The van der Waals surface area contributed by atoms with Gasteiger partial charge >= 0.3 is 0 Å². The van der Waals surface area contributed by atoms with Gasteiger partial charge in [0.1, 0.15) is 11.4 Å². The van der Waals surface area contributed by atoms with Crippen LogP contribution in [0.25, 0.3) is 0 Å². The number of amides is 2. The van der Waals surface area contributed by atoms with Crippen molar-refractivity contribution in [3.05, 3.63) is 29.6 Å². The minimum absolute atomic E-state index is 0.0914. The van der Waals surface area contributed by atoms with E-state index in [4.69, 9.17) is 4.74 Å². The van der Waals surface area contributed by atoms with E-state index in [1.807, 2.05) is 0 Å². The Hall–Kier alpha value is -1.95. The fourth-order valence-electron chi connectivity index (χ4n) is 2.86. The lowest BCUT2D eigenvalue weighted by Crippen LogP contribution is -2.33. The number of nitrogens with zero attached hydrogens (tertiary/aromatic N) is 2. The first-order valence-electron chi connectivity index (χ1n) is 7.90. The number of nitrogens with one attached hydrogen (secondary N) is 1. The summed E-state index contributed by atoms with van der Waals surface area (Å²) in [6, 6.07) is 5.00. The Balaban J connectivity index is 1.62. The third kappa shape index (κ3) is 3.44. The molecule has 2 aliphatic heterocycles. The molecular weight excluding hydrogens is 282 g/mol. The molecule has 2 fully saturated rings. The first-order chi connectivity index (χ1) is 10.7. The lowest BCUT2D eigenvalue weighted by Gasteiger charge is -2.15. The van der Waals surface area contributed by atoms with E-state index in [1.54, 1.807) is 23.1 Å². The molecule has 6 heteroatoms. The van der Waals surface area contributed by atoms with Crippen LogP contribution in [0.15, 0.2) is 18.2 Å². The van der Waals surface area contributed by atoms with Gasteiger partial charge in [-0.2, -0.15) is 0 Å². The van der Waals surface area contributed by atoms with E-state index in [0.717, 1.165) is 45.4 Å². The van der Waals surface area contributed by atoms with E-state index in [9.17, 15) is 9.59 Å². The molecule has 3 rings (SSSR count). The molecule has 3 heterocycles. The van der Waals surface area contributed by atoms with Crippen LogP contribution in [0.3, 0.4) is 0 Å². The zero-order valence-electron chi connectivity index (χ0n) is 12.6. The highest BCUT2D eigenvalue weighted by Crippen LogP contribution is 2.13. The van der Waals surface area contributed by atoms with E-state index < -0.39 is 0 Å². The first-order valence-corrected chi connectivity index (χ1v) is 7.90. The number of carbonyl (C=O) groups is 2. The van der Waals surface area contributed by atoms with E-state index >= 15 is 0 Å². The van der Waals surface area contributed by atoms with Crippen molar-refractivity contribution in [3.63, 3.8) is 0 Å². The van der Waals surface area contributed by atoms with Crippen molar-refractivity contribution in [2.75, 3.05) is 26.2 Å². The molecule has 0 aromatic carbocycles. The molecule has 1 atom stereocenters. The van der Waals surface area contributed by atoms with Crippen LogP contribution in [0.2, 0.25) is 0 Å². The van der Waals surface area contributed by atoms with E-state index in [0.29, 0.717) is 12.2 Å². The van der Waals surface area contributed by atoms with Crippen LogP contribution in [-0.4, -0.2) is 54.0 Å². The van der Waals surface area contributed by atoms with Crippen molar-refractivity contribution in [2.24, 2.45) is 0 Å². The number of rotatable bonds is 4.